The minimum absolute atomic E-state index is 0.192. The van der Waals surface area contributed by atoms with Crippen molar-refractivity contribution in [2.75, 3.05) is 0 Å². The van der Waals surface area contributed by atoms with E-state index in [9.17, 15) is 4.79 Å². The zero-order chi connectivity index (χ0) is 9.84. The van der Waals surface area contributed by atoms with Crippen molar-refractivity contribution in [2.45, 2.75) is 0 Å². The summed E-state index contributed by atoms with van der Waals surface area (Å²) in [5.41, 5.74) is 0.192. The SMILES string of the molecule is O=C(O)C1C=CC=CC(B(O)O)=C1. The van der Waals surface area contributed by atoms with E-state index in [1.165, 1.54) is 18.2 Å². The van der Waals surface area contributed by atoms with Gasteiger partial charge in [-0.2, -0.15) is 0 Å². The second-order valence-corrected chi connectivity index (χ2v) is 2.65. The maximum Gasteiger partial charge on any atom is 0.488 e. The first-order valence-corrected chi connectivity index (χ1v) is 3.77. The molecule has 0 aromatic carbocycles. The number of carbonyl (C=O) groups is 1. The Morgan fingerprint density at radius 3 is 2.62 bits per heavy atom. The third-order valence-electron chi connectivity index (χ3n) is 1.67. The quantitative estimate of drug-likeness (QED) is 0.512. The van der Waals surface area contributed by atoms with Crippen molar-refractivity contribution in [2.24, 2.45) is 5.92 Å². The Balaban J connectivity index is 2.91. The minimum atomic E-state index is -1.63. The average Bonchev–Trinajstić information content (AvgIpc) is 2.28. The van der Waals surface area contributed by atoms with Crippen molar-refractivity contribution < 1.29 is 19.9 Å². The number of carboxylic acids is 1. The molecule has 0 saturated heterocycles. The molecule has 1 aliphatic rings. The number of hydrogen-bond donors (Lipinski definition) is 3. The molecule has 1 unspecified atom stereocenters. The molecule has 5 heteroatoms. The number of hydrogen-bond acceptors (Lipinski definition) is 3. The van der Waals surface area contributed by atoms with Gasteiger partial charge in [0.25, 0.3) is 0 Å². The summed E-state index contributed by atoms with van der Waals surface area (Å²) < 4.78 is 0. The maximum atomic E-state index is 10.6. The fraction of sp³-hybridized carbons (Fsp3) is 0.125. The van der Waals surface area contributed by atoms with Crippen molar-refractivity contribution in [3.63, 3.8) is 0 Å². The summed E-state index contributed by atoms with van der Waals surface area (Å²) in [6, 6.07) is 0. The lowest BCUT2D eigenvalue weighted by atomic mass is 9.78. The summed E-state index contributed by atoms with van der Waals surface area (Å²) in [5.74, 6) is -1.81. The molecule has 0 bridgehead atoms. The molecule has 13 heavy (non-hydrogen) atoms. The lowest BCUT2D eigenvalue weighted by Gasteiger charge is -2.02. The molecule has 0 saturated carbocycles. The predicted molar refractivity (Wildman–Crippen MR) is 47.7 cm³/mol. The van der Waals surface area contributed by atoms with Gasteiger partial charge in [-0.05, 0) is 5.47 Å². The second-order valence-electron chi connectivity index (χ2n) is 2.65. The molecule has 0 radical (unpaired) electrons. The van der Waals surface area contributed by atoms with Gasteiger partial charge in [-0.15, -0.1) is 0 Å². The minimum Gasteiger partial charge on any atom is -0.481 e. The van der Waals surface area contributed by atoms with E-state index in [2.05, 4.69) is 0 Å². The molecule has 0 heterocycles. The molecular formula is C8H9BO4. The molecule has 1 rings (SSSR count). The number of carboxylic acid groups (broad SMARTS) is 1. The summed E-state index contributed by atoms with van der Waals surface area (Å²) in [6.07, 6.45) is 7.35. The molecule has 1 aliphatic carbocycles. The Morgan fingerprint density at radius 2 is 2.08 bits per heavy atom. The van der Waals surface area contributed by atoms with Crippen molar-refractivity contribution in [1.82, 2.24) is 0 Å². The summed E-state index contributed by atoms with van der Waals surface area (Å²) in [7, 11) is -1.63. The second kappa shape index (κ2) is 4.07. The Hall–Kier alpha value is -1.33. The van der Waals surface area contributed by atoms with Crippen LogP contribution in [0.25, 0.3) is 0 Å². The van der Waals surface area contributed by atoms with Crippen LogP contribution in [0.3, 0.4) is 0 Å². The summed E-state index contributed by atoms with van der Waals surface area (Å²) >= 11 is 0. The molecule has 1 atom stereocenters. The summed E-state index contributed by atoms with van der Waals surface area (Å²) in [5, 5.41) is 26.3. The first kappa shape index (κ1) is 9.76. The van der Waals surface area contributed by atoms with Crippen LogP contribution in [-0.2, 0) is 4.79 Å². The van der Waals surface area contributed by atoms with Gasteiger partial charge < -0.3 is 15.2 Å². The smallest absolute Gasteiger partial charge is 0.481 e. The van der Waals surface area contributed by atoms with Crippen LogP contribution in [0.15, 0.2) is 35.9 Å². The van der Waals surface area contributed by atoms with Crippen LogP contribution < -0.4 is 0 Å². The van der Waals surface area contributed by atoms with Gasteiger partial charge in [0.1, 0.15) is 0 Å². The van der Waals surface area contributed by atoms with Gasteiger partial charge in [0.05, 0.1) is 5.92 Å². The highest BCUT2D eigenvalue weighted by Crippen LogP contribution is 2.12. The highest BCUT2D eigenvalue weighted by molar-refractivity contribution is 6.51. The predicted octanol–water partition coefficient (Wildman–Crippen LogP) is -0.248. The zero-order valence-corrected chi connectivity index (χ0v) is 6.79. The lowest BCUT2D eigenvalue weighted by molar-refractivity contribution is -0.138. The van der Waals surface area contributed by atoms with E-state index in [1.54, 1.807) is 12.2 Å². The van der Waals surface area contributed by atoms with Crippen LogP contribution in [0.1, 0.15) is 0 Å². The summed E-state index contributed by atoms with van der Waals surface area (Å²) in [4.78, 5) is 10.6. The van der Waals surface area contributed by atoms with Crippen molar-refractivity contribution in [3.05, 3.63) is 35.9 Å². The van der Waals surface area contributed by atoms with Gasteiger partial charge in [0, 0.05) is 0 Å². The third kappa shape index (κ3) is 2.57. The Labute approximate surface area is 75.7 Å². The van der Waals surface area contributed by atoms with E-state index in [1.807, 2.05) is 0 Å². The highest BCUT2D eigenvalue weighted by Gasteiger charge is 2.18. The fourth-order valence-electron chi connectivity index (χ4n) is 0.995. The van der Waals surface area contributed by atoms with E-state index in [0.29, 0.717) is 0 Å². The van der Waals surface area contributed by atoms with Crippen molar-refractivity contribution >= 4 is 13.1 Å². The van der Waals surface area contributed by atoms with Crippen LogP contribution in [0.2, 0.25) is 0 Å². The highest BCUT2D eigenvalue weighted by atomic mass is 16.4. The van der Waals surface area contributed by atoms with Crippen molar-refractivity contribution in [1.29, 1.82) is 0 Å². The van der Waals surface area contributed by atoms with Crippen LogP contribution in [0.5, 0.6) is 0 Å². The Kier molecular flexibility index (Phi) is 3.05. The van der Waals surface area contributed by atoms with Gasteiger partial charge >= 0.3 is 13.1 Å². The van der Waals surface area contributed by atoms with E-state index in [-0.39, 0.29) is 5.47 Å². The van der Waals surface area contributed by atoms with Gasteiger partial charge in [0.15, 0.2) is 0 Å². The lowest BCUT2D eigenvalue weighted by Crippen LogP contribution is -2.16. The molecule has 4 nitrogen and oxygen atoms in total. The molecule has 68 valence electrons. The number of allylic oxidation sites excluding steroid dienone is 4. The standard InChI is InChI=1S/C8H9BO4/c10-8(11)6-3-1-2-4-7(5-6)9(12)13/h1-6,12-13H,(H,10,11). The van der Waals surface area contributed by atoms with Gasteiger partial charge in [0.2, 0.25) is 0 Å². The largest absolute Gasteiger partial charge is 0.488 e. The third-order valence-corrected chi connectivity index (χ3v) is 1.67. The van der Waals surface area contributed by atoms with Gasteiger partial charge in [-0.25, -0.2) is 0 Å². The average molecular weight is 180 g/mol. The zero-order valence-electron chi connectivity index (χ0n) is 6.79. The van der Waals surface area contributed by atoms with Gasteiger partial charge in [-0.3, -0.25) is 4.79 Å². The molecule has 0 aliphatic heterocycles. The molecule has 3 N–H and O–H groups in total. The van der Waals surface area contributed by atoms with Crippen LogP contribution >= 0.6 is 0 Å². The normalized spacial score (nSPS) is 20.8. The van der Waals surface area contributed by atoms with Crippen LogP contribution in [0, 0.1) is 5.92 Å². The topological polar surface area (TPSA) is 77.8 Å². The molecular weight excluding hydrogens is 171 g/mol. The number of rotatable bonds is 2. The Bertz CT molecular complexity index is 291. The summed E-state index contributed by atoms with van der Waals surface area (Å²) in [6.45, 7) is 0. The van der Waals surface area contributed by atoms with E-state index in [4.69, 9.17) is 15.2 Å². The van der Waals surface area contributed by atoms with Crippen molar-refractivity contribution in [3.8, 4) is 0 Å². The maximum absolute atomic E-state index is 10.6. The van der Waals surface area contributed by atoms with Gasteiger partial charge in [-0.1, -0.05) is 30.4 Å². The van der Waals surface area contributed by atoms with Crippen LogP contribution in [0.4, 0.5) is 0 Å². The first-order valence-electron chi connectivity index (χ1n) is 3.77. The monoisotopic (exact) mass is 180 g/mol. The number of aliphatic carboxylic acids is 1. The Morgan fingerprint density at radius 1 is 1.38 bits per heavy atom. The molecule has 0 amide bonds. The molecule has 0 spiro atoms. The van der Waals surface area contributed by atoms with E-state index < -0.39 is 19.0 Å². The van der Waals surface area contributed by atoms with Crippen LogP contribution in [-0.4, -0.2) is 28.2 Å². The first-order chi connectivity index (χ1) is 6.11. The molecule has 0 fully saturated rings. The fourth-order valence-corrected chi connectivity index (χ4v) is 0.995. The van der Waals surface area contributed by atoms with E-state index >= 15 is 0 Å². The van der Waals surface area contributed by atoms with E-state index in [0.717, 1.165) is 0 Å². The molecule has 0 aromatic rings. The molecule has 0 aromatic heterocycles.